The van der Waals surface area contributed by atoms with Crippen LogP contribution in [0.4, 0.5) is 10.3 Å². The Kier molecular flexibility index (Phi) is 7.37. The Morgan fingerprint density at radius 3 is 2.41 bits per heavy atom. The lowest BCUT2D eigenvalue weighted by Crippen LogP contribution is -2.38. The highest BCUT2D eigenvalue weighted by Crippen LogP contribution is 2.33. The summed E-state index contributed by atoms with van der Waals surface area (Å²) in [6.45, 7) is 5.19. The van der Waals surface area contributed by atoms with Crippen molar-refractivity contribution >= 4 is 16.0 Å². The highest BCUT2D eigenvalue weighted by molar-refractivity contribution is 7.92. The third kappa shape index (κ3) is 5.94. The number of hydrogen-bond acceptors (Lipinski definition) is 7. The zero-order valence-corrected chi connectivity index (χ0v) is 23.1. The molecule has 0 bridgehead atoms. The molecule has 1 aliphatic rings. The van der Waals surface area contributed by atoms with Crippen LogP contribution in [0.5, 0.6) is 11.6 Å². The normalized spacial score (nSPS) is 18.2. The van der Waals surface area contributed by atoms with Crippen LogP contribution in [0.3, 0.4) is 0 Å². The summed E-state index contributed by atoms with van der Waals surface area (Å²) in [5.41, 5.74) is 4.25. The van der Waals surface area contributed by atoms with E-state index in [9.17, 15) is 12.8 Å². The summed E-state index contributed by atoms with van der Waals surface area (Å²) in [6, 6.07) is 14.9. The van der Waals surface area contributed by atoms with Crippen LogP contribution in [0.15, 0.2) is 65.8 Å². The molecule has 0 saturated carbocycles. The number of benzene rings is 2. The second kappa shape index (κ2) is 10.7. The smallest absolute Gasteiger partial charge is 0.267 e. The Balaban J connectivity index is 1.47. The molecule has 3 heterocycles. The molecule has 2 aromatic heterocycles. The zero-order chi connectivity index (χ0) is 27.7. The molecule has 39 heavy (non-hydrogen) atoms. The first kappa shape index (κ1) is 26.8. The lowest BCUT2D eigenvalue weighted by molar-refractivity contribution is 0.139. The minimum absolute atomic E-state index is 0.00999. The number of rotatable bonds is 7. The van der Waals surface area contributed by atoms with E-state index in [0.717, 1.165) is 35.2 Å². The number of halogens is 1. The maximum absolute atomic E-state index is 14.7. The molecular weight excluding hydrogens is 519 g/mol. The van der Waals surface area contributed by atoms with Crippen molar-refractivity contribution in [1.29, 1.82) is 0 Å². The molecule has 204 valence electrons. The van der Waals surface area contributed by atoms with Crippen LogP contribution in [0.2, 0.25) is 0 Å². The first-order chi connectivity index (χ1) is 18.6. The van der Waals surface area contributed by atoms with E-state index in [2.05, 4.69) is 19.8 Å². The third-order valence-electron chi connectivity index (χ3n) is 6.93. The standard InChI is InChI=1S/C28H31FN6O3S/c1-18-6-5-7-19(2)27(18)25-14-26(32-28(31-25)33-39(36,37)22-15-30-35(4)16-22)38-21-10-8-20(9-11-21)23-12-13-34(3)17-24(23)29/h5-11,14-16,23-24H,12-13,17H2,1-4H3,(H,31,32,33). The number of ether oxygens (including phenoxy) is 1. The van der Waals surface area contributed by atoms with Gasteiger partial charge >= 0.3 is 0 Å². The fourth-order valence-corrected chi connectivity index (χ4v) is 5.85. The minimum atomic E-state index is -3.98. The van der Waals surface area contributed by atoms with Crippen molar-refractivity contribution in [3.05, 3.63) is 77.6 Å². The fourth-order valence-electron chi connectivity index (χ4n) is 4.92. The number of nitrogens with zero attached hydrogens (tertiary/aromatic N) is 5. The molecule has 0 radical (unpaired) electrons. The number of piperidine rings is 1. The maximum atomic E-state index is 14.7. The van der Waals surface area contributed by atoms with Gasteiger partial charge < -0.3 is 9.64 Å². The number of anilines is 1. The second-order valence-corrected chi connectivity index (χ2v) is 11.7. The predicted molar refractivity (Wildman–Crippen MR) is 147 cm³/mol. The van der Waals surface area contributed by atoms with Gasteiger partial charge in [0.15, 0.2) is 0 Å². The lowest BCUT2D eigenvalue weighted by Gasteiger charge is -2.32. The molecule has 1 fully saturated rings. The van der Waals surface area contributed by atoms with Crippen molar-refractivity contribution in [2.45, 2.75) is 37.3 Å². The molecule has 9 nitrogen and oxygen atoms in total. The Morgan fingerprint density at radius 2 is 1.77 bits per heavy atom. The van der Waals surface area contributed by atoms with Gasteiger partial charge in [0.25, 0.3) is 10.0 Å². The number of alkyl halides is 1. The van der Waals surface area contributed by atoms with Crippen molar-refractivity contribution in [1.82, 2.24) is 24.6 Å². The van der Waals surface area contributed by atoms with Crippen molar-refractivity contribution < 1.29 is 17.5 Å². The largest absolute Gasteiger partial charge is 0.439 e. The van der Waals surface area contributed by atoms with Gasteiger partial charge in [-0.3, -0.25) is 4.68 Å². The SMILES string of the molecule is Cc1cccc(C)c1-c1cc(Oc2ccc(C3CCN(C)CC3F)cc2)nc(NS(=O)(=O)c2cnn(C)c2)n1. The highest BCUT2D eigenvalue weighted by Gasteiger charge is 2.28. The van der Waals surface area contributed by atoms with Gasteiger partial charge in [-0.05, 0) is 62.7 Å². The van der Waals surface area contributed by atoms with E-state index in [4.69, 9.17) is 4.74 Å². The van der Waals surface area contributed by atoms with Crippen molar-refractivity contribution in [3.8, 4) is 22.9 Å². The Morgan fingerprint density at radius 1 is 1.05 bits per heavy atom. The molecule has 0 spiro atoms. The van der Waals surface area contributed by atoms with Crippen molar-refractivity contribution in [3.63, 3.8) is 0 Å². The van der Waals surface area contributed by atoms with Gasteiger partial charge in [-0.25, -0.2) is 22.5 Å². The zero-order valence-electron chi connectivity index (χ0n) is 22.3. The lowest BCUT2D eigenvalue weighted by atomic mass is 9.88. The summed E-state index contributed by atoms with van der Waals surface area (Å²) in [7, 11) is -0.418. The maximum Gasteiger partial charge on any atom is 0.267 e. The summed E-state index contributed by atoms with van der Waals surface area (Å²) in [5, 5.41) is 3.94. The average Bonchev–Trinajstić information content (AvgIpc) is 3.32. The molecule has 1 saturated heterocycles. The quantitative estimate of drug-likeness (QED) is 0.351. The Bertz CT molecular complexity index is 1570. The average molecular weight is 551 g/mol. The van der Waals surface area contributed by atoms with Gasteiger partial charge in [0.2, 0.25) is 11.8 Å². The molecule has 1 aliphatic heterocycles. The molecule has 5 rings (SSSR count). The summed E-state index contributed by atoms with van der Waals surface area (Å²) < 4.78 is 50.5. The van der Waals surface area contributed by atoms with Crippen LogP contribution < -0.4 is 9.46 Å². The highest BCUT2D eigenvalue weighted by atomic mass is 32.2. The van der Waals surface area contributed by atoms with Crippen molar-refractivity contribution in [2.24, 2.45) is 7.05 Å². The second-order valence-electron chi connectivity index (χ2n) is 9.98. The van der Waals surface area contributed by atoms with Crippen LogP contribution in [-0.2, 0) is 17.1 Å². The van der Waals surface area contributed by atoms with Crippen LogP contribution in [0, 0.1) is 13.8 Å². The van der Waals surface area contributed by atoms with Crippen LogP contribution >= 0.6 is 0 Å². The molecular formula is C28H31FN6O3S. The summed E-state index contributed by atoms with van der Waals surface area (Å²) in [6.07, 6.45) is 2.47. The van der Waals surface area contributed by atoms with E-state index in [1.807, 2.05) is 56.1 Å². The van der Waals surface area contributed by atoms with Gasteiger partial charge in [-0.15, -0.1) is 0 Å². The van der Waals surface area contributed by atoms with Gasteiger partial charge in [-0.2, -0.15) is 10.1 Å². The van der Waals surface area contributed by atoms with E-state index in [1.54, 1.807) is 25.2 Å². The van der Waals surface area contributed by atoms with Crippen molar-refractivity contribution in [2.75, 3.05) is 24.9 Å². The molecule has 2 unspecified atom stereocenters. The third-order valence-corrected chi connectivity index (χ3v) is 8.21. The molecule has 11 heteroatoms. The summed E-state index contributed by atoms with van der Waals surface area (Å²) in [4.78, 5) is 10.9. The number of aromatic nitrogens is 4. The van der Waals surface area contributed by atoms with E-state index >= 15 is 0 Å². The van der Waals surface area contributed by atoms with E-state index in [0.29, 0.717) is 18.0 Å². The van der Waals surface area contributed by atoms with E-state index in [-0.39, 0.29) is 22.6 Å². The molecule has 1 N–H and O–H groups in total. The van der Waals surface area contributed by atoms with Crippen LogP contribution in [0.1, 0.15) is 29.0 Å². The first-order valence-electron chi connectivity index (χ1n) is 12.7. The topological polar surface area (TPSA) is 102 Å². The number of aryl methyl sites for hydroxylation is 3. The molecule has 2 atom stereocenters. The molecule has 2 aromatic carbocycles. The van der Waals surface area contributed by atoms with Gasteiger partial charge in [0.05, 0.1) is 11.9 Å². The number of likely N-dealkylation sites (tertiary alicyclic amines) is 1. The first-order valence-corrected chi connectivity index (χ1v) is 14.1. The van der Waals surface area contributed by atoms with Crippen LogP contribution in [0.25, 0.3) is 11.3 Å². The molecule has 4 aromatic rings. The van der Waals surface area contributed by atoms with Crippen LogP contribution in [-0.4, -0.2) is 59.4 Å². The van der Waals surface area contributed by atoms with Gasteiger partial charge in [-0.1, -0.05) is 30.3 Å². The number of nitrogens with one attached hydrogen (secondary N) is 1. The van der Waals surface area contributed by atoms with Gasteiger partial charge in [0.1, 0.15) is 16.8 Å². The Hall–Kier alpha value is -3.83. The Labute approximate surface area is 227 Å². The minimum Gasteiger partial charge on any atom is -0.439 e. The summed E-state index contributed by atoms with van der Waals surface area (Å²) in [5.74, 6) is 0.381. The number of sulfonamides is 1. The molecule has 0 aliphatic carbocycles. The summed E-state index contributed by atoms with van der Waals surface area (Å²) >= 11 is 0. The van der Waals surface area contributed by atoms with E-state index in [1.165, 1.54) is 17.1 Å². The predicted octanol–water partition coefficient (Wildman–Crippen LogP) is 4.84. The van der Waals surface area contributed by atoms with Gasteiger partial charge in [0, 0.05) is 37.3 Å². The fraction of sp³-hybridized carbons (Fsp3) is 0.321. The molecule has 0 amide bonds. The monoisotopic (exact) mass is 550 g/mol. The van der Waals surface area contributed by atoms with E-state index < -0.39 is 16.2 Å². The number of hydrogen-bond donors (Lipinski definition) is 1.